The minimum atomic E-state index is -0.722. The summed E-state index contributed by atoms with van der Waals surface area (Å²) in [4.78, 5) is 12.7. The van der Waals surface area contributed by atoms with E-state index in [2.05, 4.69) is 10.4 Å². The molecular formula is C23H18N4O3. The third kappa shape index (κ3) is 3.20. The molecule has 1 heterocycles. The number of carbonyl (C=O) groups excluding carboxylic acids is 1. The maximum Gasteiger partial charge on any atom is 0.270 e. The predicted octanol–water partition coefficient (Wildman–Crippen LogP) is 4.17. The smallest absolute Gasteiger partial charge is 0.270 e. The fourth-order valence-electron chi connectivity index (χ4n) is 3.42. The van der Waals surface area contributed by atoms with Crippen LogP contribution in [-0.4, -0.2) is 27.9 Å². The number of nitrogens with zero attached hydrogens (tertiary/aromatic N) is 3. The van der Waals surface area contributed by atoms with Gasteiger partial charge in [-0.3, -0.25) is 9.48 Å². The predicted molar refractivity (Wildman–Crippen MR) is 115 cm³/mol. The fraction of sp³-hybridized carbons (Fsp3) is 0.0870. The lowest BCUT2D eigenvalue weighted by Crippen LogP contribution is -2.15. The number of carbonyl (C=O) groups is 1. The number of hydrogen-bond acceptors (Lipinski definition) is 5. The van der Waals surface area contributed by atoms with Crippen molar-refractivity contribution < 1.29 is 14.6 Å². The summed E-state index contributed by atoms with van der Waals surface area (Å²) >= 11 is 0. The Labute approximate surface area is 172 Å². The number of ether oxygens (including phenoxy) is 1. The summed E-state index contributed by atoms with van der Waals surface area (Å²) in [5.74, 6) is -0.553. The molecule has 7 nitrogen and oxygen atoms in total. The number of aryl methyl sites for hydroxylation is 1. The maximum atomic E-state index is 12.7. The Morgan fingerprint density at radius 2 is 1.83 bits per heavy atom. The quantitative estimate of drug-likeness (QED) is 0.305. The van der Waals surface area contributed by atoms with Crippen molar-refractivity contribution in [2.45, 2.75) is 0 Å². The van der Waals surface area contributed by atoms with E-state index in [1.165, 1.54) is 0 Å². The van der Waals surface area contributed by atoms with Crippen molar-refractivity contribution in [3.63, 3.8) is 0 Å². The number of anilines is 1. The van der Waals surface area contributed by atoms with Gasteiger partial charge in [0, 0.05) is 23.5 Å². The molecular weight excluding hydrogens is 380 g/mol. The normalized spacial score (nSPS) is 11.8. The molecule has 3 aromatic carbocycles. The summed E-state index contributed by atoms with van der Waals surface area (Å²) < 4.78 is 6.73. The average molecular weight is 398 g/mol. The second-order valence-corrected chi connectivity index (χ2v) is 6.67. The van der Waals surface area contributed by atoms with E-state index in [1.54, 1.807) is 49.2 Å². The van der Waals surface area contributed by atoms with E-state index < -0.39 is 17.2 Å². The topological polar surface area (TPSA) is 100 Å². The molecule has 0 unspecified atom stereocenters. The van der Waals surface area contributed by atoms with E-state index in [-0.39, 0.29) is 5.69 Å². The van der Waals surface area contributed by atoms with Gasteiger partial charge in [0.2, 0.25) is 0 Å². The molecule has 7 heteroatoms. The lowest BCUT2D eigenvalue weighted by Gasteiger charge is -2.07. The van der Waals surface area contributed by atoms with Gasteiger partial charge < -0.3 is 15.2 Å². The molecule has 0 aliphatic rings. The van der Waals surface area contributed by atoms with Gasteiger partial charge in [-0.05, 0) is 35.7 Å². The first-order valence-corrected chi connectivity index (χ1v) is 9.17. The van der Waals surface area contributed by atoms with E-state index in [9.17, 15) is 15.2 Å². The Kier molecular flexibility index (Phi) is 4.82. The van der Waals surface area contributed by atoms with Crippen molar-refractivity contribution in [3.8, 4) is 11.8 Å². The minimum absolute atomic E-state index is 0.180. The van der Waals surface area contributed by atoms with Gasteiger partial charge >= 0.3 is 0 Å². The van der Waals surface area contributed by atoms with Gasteiger partial charge in [0.15, 0.2) is 11.3 Å². The monoisotopic (exact) mass is 398 g/mol. The second kappa shape index (κ2) is 7.60. The molecule has 1 aromatic heterocycles. The van der Waals surface area contributed by atoms with Crippen LogP contribution < -0.4 is 10.1 Å². The van der Waals surface area contributed by atoms with Gasteiger partial charge in [0.1, 0.15) is 17.5 Å². The van der Waals surface area contributed by atoms with Gasteiger partial charge in [-0.15, -0.1) is 0 Å². The van der Waals surface area contributed by atoms with Crippen LogP contribution in [0.4, 0.5) is 5.69 Å². The summed E-state index contributed by atoms with van der Waals surface area (Å²) in [6, 6.07) is 20.0. The number of aromatic nitrogens is 2. The van der Waals surface area contributed by atoms with Gasteiger partial charge in [-0.2, -0.15) is 10.4 Å². The van der Waals surface area contributed by atoms with E-state index in [1.807, 2.05) is 36.4 Å². The molecule has 1 amide bonds. The Morgan fingerprint density at radius 3 is 2.53 bits per heavy atom. The number of hydrogen-bond donors (Lipinski definition) is 2. The standard InChI is InChI=1S/C23H18N4O3/c1-27-21-17-6-4-3-5-14(17)7-12-18(21)20(26-27)22(28)19(13-24)23(29)25-15-8-10-16(30-2)11-9-15/h3-12,28H,1-2H3,(H,25,29). The van der Waals surface area contributed by atoms with Crippen molar-refractivity contribution in [2.75, 3.05) is 12.4 Å². The number of rotatable bonds is 4. The third-order valence-electron chi connectivity index (χ3n) is 4.88. The van der Waals surface area contributed by atoms with Crippen LogP contribution in [0.15, 0.2) is 66.2 Å². The summed E-state index contributed by atoms with van der Waals surface area (Å²) in [7, 11) is 3.30. The Morgan fingerprint density at radius 1 is 1.10 bits per heavy atom. The number of amides is 1. The molecule has 0 spiro atoms. The van der Waals surface area contributed by atoms with Gasteiger partial charge in [-0.1, -0.05) is 30.3 Å². The molecule has 0 atom stereocenters. The fourth-order valence-corrected chi connectivity index (χ4v) is 3.42. The first-order valence-electron chi connectivity index (χ1n) is 9.17. The zero-order valence-corrected chi connectivity index (χ0v) is 16.4. The minimum Gasteiger partial charge on any atom is -0.504 e. The van der Waals surface area contributed by atoms with Gasteiger partial charge in [0.25, 0.3) is 5.91 Å². The Bertz CT molecular complexity index is 1340. The average Bonchev–Trinajstić information content (AvgIpc) is 3.11. The van der Waals surface area contributed by atoms with Crippen molar-refractivity contribution in [2.24, 2.45) is 7.05 Å². The number of aliphatic hydroxyl groups excluding tert-OH is 1. The van der Waals surface area contributed by atoms with Crippen LogP contribution in [0.25, 0.3) is 27.4 Å². The van der Waals surface area contributed by atoms with Crippen LogP contribution in [-0.2, 0) is 11.8 Å². The number of benzene rings is 3. The molecule has 4 aromatic rings. The molecule has 0 fully saturated rings. The van der Waals surface area contributed by atoms with Crippen LogP contribution in [0.3, 0.4) is 0 Å². The molecule has 148 valence electrons. The highest BCUT2D eigenvalue weighted by Crippen LogP contribution is 2.31. The molecule has 0 aliphatic heterocycles. The Hall–Kier alpha value is -4.31. The van der Waals surface area contributed by atoms with Crippen LogP contribution in [0.2, 0.25) is 0 Å². The van der Waals surface area contributed by atoms with Crippen LogP contribution in [0.1, 0.15) is 5.69 Å². The van der Waals surface area contributed by atoms with Crippen molar-refractivity contribution in [1.82, 2.24) is 9.78 Å². The summed E-state index contributed by atoms with van der Waals surface area (Å²) in [5, 5.41) is 30.0. The second-order valence-electron chi connectivity index (χ2n) is 6.67. The van der Waals surface area contributed by atoms with Crippen molar-refractivity contribution in [3.05, 3.63) is 71.9 Å². The van der Waals surface area contributed by atoms with Crippen LogP contribution in [0.5, 0.6) is 5.75 Å². The molecule has 0 saturated heterocycles. The maximum absolute atomic E-state index is 12.7. The zero-order chi connectivity index (χ0) is 21.3. The summed E-state index contributed by atoms with van der Waals surface area (Å²) in [6.45, 7) is 0. The first kappa shape index (κ1) is 19.0. The van der Waals surface area contributed by atoms with E-state index >= 15 is 0 Å². The van der Waals surface area contributed by atoms with Crippen LogP contribution in [0, 0.1) is 11.3 Å². The number of nitrogens with one attached hydrogen (secondary N) is 1. The molecule has 0 saturated carbocycles. The number of methoxy groups -OCH3 is 1. The third-order valence-corrected chi connectivity index (χ3v) is 4.88. The van der Waals surface area contributed by atoms with E-state index in [0.717, 1.165) is 16.3 Å². The Balaban J connectivity index is 1.77. The molecule has 4 rings (SSSR count). The highest BCUT2D eigenvalue weighted by atomic mass is 16.5. The molecule has 0 bridgehead atoms. The number of nitriles is 1. The highest BCUT2D eigenvalue weighted by Gasteiger charge is 2.22. The van der Waals surface area contributed by atoms with Crippen molar-refractivity contribution >= 4 is 39.0 Å². The van der Waals surface area contributed by atoms with E-state index in [0.29, 0.717) is 16.8 Å². The lowest BCUT2D eigenvalue weighted by atomic mass is 10.0. The van der Waals surface area contributed by atoms with Gasteiger partial charge in [0.05, 0.1) is 12.6 Å². The van der Waals surface area contributed by atoms with Gasteiger partial charge in [-0.25, -0.2) is 0 Å². The van der Waals surface area contributed by atoms with Crippen molar-refractivity contribution in [1.29, 1.82) is 5.26 Å². The molecule has 0 aliphatic carbocycles. The van der Waals surface area contributed by atoms with Crippen LogP contribution >= 0.6 is 0 Å². The lowest BCUT2D eigenvalue weighted by molar-refractivity contribution is -0.112. The first-order chi connectivity index (χ1) is 14.5. The number of aliphatic hydroxyl groups is 1. The zero-order valence-electron chi connectivity index (χ0n) is 16.4. The molecule has 2 N–H and O–H groups in total. The van der Waals surface area contributed by atoms with E-state index in [4.69, 9.17) is 4.74 Å². The number of fused-ring (bicyclic) bond motifs is 3. The SMILES string of the molecule is COc1ccc(NC(=O)C(C#N)=C(O)c2nn(C)c3c2ccc2ccccc23)cc1. The molecule has 0 radical (unpaired) electrons. The summed E-state index contributed by atoms with van der Waals surface area (Å²) in [5.41, 5.74) is 1.04. The highest BCUT2D eigenvalue weighted by molar-refractivity contribution is 6.14. The largest absolute Gasteiger partial charge is 0.504 e. The molecule has 30 heavy (non-hydrogen) atoms. The summed E-state index contributed by atoms with van der Waals surface area (Å²) in [6.07, 6.45) is 0.